The second-order valence-corrected chi connectivity index (χ2v) is 5.28. The average Bonchev–Trinajstić information content (AvgIpc) is 2.78. The molecule has 1 heterocycles. The van der Waals surface area contributed by atoms with E-state index in [1.54, 1.807) is 0 Å². The monoisotopic (exact) mass is 208 g/mol. The Morgan fingerprint density at radius 1 is 1.60 bits per heavy atom. The van der Waals surface area contributed by atoms with Gasteiger partial charge in [-0.15, -0.1) is 0 Å². The Balaban J connectivity index is 1.96. The predicted molar refractivity (Wildman–Crippen MR) is 59.5 cm³/mol. The van der Waals surface area contributed by atoms with Crippen LogP contribution in [-0.4, -0.2) is 20.5 Å². The zero-order valence-corrected chi connectivity index (χ0v) is 9.82. The first-order valence-electron chi connectivity index (χ1n) is 5.64. The molecule has 3 nitrogen and oxygen atoms in total. The molecule has 15 heavy (non-hydrogen) atoms. The SMILES string of the molecule is Cn1nccc1CCC(C)(O)C1(C)CC1. The van der Waals surface area contributed by atoms with Crippen LogP contribution in [0.1, 0.15) is 38.8 Å². The van der Waals surface area contributed by atoms with E-state index >= 15 is 0 Å². The van der Waals surface area contributed by atoms with E-state index in [-0.39, 0.29) is 5.41 Å². The van der Waals surface area contributed by atoms with E-state index in [1.807, 2.05) is 30.9 Å². The van der Waals surface area contributed by atoms with E-state index < -0.39 is 5.60 Å². The van der Waals surface area contributed by atoms with Crippen LogP contribution in [0.3, 0.4) is 0 Å². The van der Waals surface area contributed by atoms with Crippen molar-refractivity contribution in [2.24, 2.45) is 12.5 Å². The summed E-state index contributed by atoms with van der Waals surface area (Å²) in [5.41, 5.74) is 0.822. The molecule has 1 atom stereocenters. The minimum atomic E-state index is -0.530. The Hall–Kier alpha value is -0.830. The lowest BCUT2D eigenvalue weighted by molar-refractivity contribution is -0.0152. The van der Waals surface area contributed by atoms with Gasteiger partial charge in [-0.05, 0) is 44.1 Å². The van der Waals surface area contributed by atoms with Gasteiger partial charge in [0, 0.05) is 18.9 Å². The molecule has 1 aromatic rings. The molecule has 1 aliphatic rings. The van der Waals surface area contributed by atoms with Crippen molar-refractivity contribution < 1.29 is 5.11 Å². The van der Waals surface area contributed by atoms with Gasteiger partial charge in [-0.2, -0.15) is 5.10 Å². The molecular formula is C12H20N2O. The number of rotatable bonds is 4. The van der Waals surface area contributed by atoms with Crippen molar-refractivity contribution in [3.63, 3.8) is 0 Å². The van der Waals surface area contributed by atoms with Crippen LogP contribution in [0, 0.1) is 5.41 Å². The van der Waals surface area contributed by atoms with E-state index in [0.29, 0.717) is 0 Å². The van der Waals surface area contributed by atoms with Crippen molar-refractivity contribution in [3.05, 3.63) is 18.0 Å². The van der Waals surface area contributed by atoms with Crippen molar-refractivity contribution in [3.8, 4) is 0 Å². The first kappa shape index (κ1) is 10.7. The Morgan fingerprint density at radius 3 is 2.73 bits per heavy atom. The number of aryl methyl sites for hydroxylation is 2. The summed E-state index contributed by atoms with van der Waals surface area (Å²) in [5, 5.41) is 14.5. The first-order chi connectivity index (χ1) is 6.95. The van der Waals surface area contributed by atoms with Crippen molar-refractivity contribution >= 4 is 0 Å². The molecule has 1 N–H and O–H groups in total. The van der Waals surface area contributed by atoms with Gasteiger partial charge in [-0.25, -0.2) is 0 Å². The standard InChI is InChI=1S/C12H20N2O/c1-11(7-8-11)12(2,15)6-4-10-5-9-13-14(10)3/h5,9,15H,4,6-8H2,1-3H3. The molecule has 3 heteroatoms. The van der Waals surface area contributed by atoms with Gasteiger partial charge in [-0.1, -0.05) is 6.92 Å². The zero-order valence-electron chi connectivity index (χ0n) is 9.82. The van der Waals surface area contributed by atoms with Gasteiger partial charge in [0.2, 0.25) is 0 Å². The largest absolute Gasteiger partial charge is 0.390 e. The number of hydrogen-bond donors (Lipinski definition) is 1. The van der Waals surface area contributed by atoms with Crippen LogP contribution in [0.25, 0.3) is 0 Å². The van der Waals surface area contributed by atoms with Crippen LogP contribution in [0.2, 0.25) is 0 Å². The van der Waals surface area contributed by atoms with Crippen LogP contribution in [0.5, 0.6) is 0 Å². The van der Waals surface area contributed by atoms with Crippen LogP contribution >= 0.6 is 0 Å². The Bertz CT molecular complexity index is 350. The summed E-state index contributed by atoms with van der Waals surface area (Å²) < 4.78 is 1.88. The highest BCUT2D eigenvalue weighted by molar-refractivity contribution is 5.06. The quantitative estimate of drug-likeness (QED) is 0.820. The van der Waals surface area contributed by atoms with E-state index in [9.17, 15) is 5.11 Å². The van der Waals surface area contributed by atoms with Crippen LogP contribution in [-0.2, 0) is 13.5 Å². The first-order valence-corrected chi connectivity index (χ1v) is 5.64. The third-order valence-electron chi connectivity index (χ3n) is 4.09. The molecule has 0 radical (unpaired) electrons. The van der Waals surface area contributed by atoms with Gasteiger partial charge < -0.3 is 5.11 Å². The number of hydrogen-bond acceptors (Lipinski definition) is 2. The fraction of sp³-hybridized carbons (Fsp3) is 0.750. The highest BCUT2D eigenvalue weighted by atomic mass is 16.3. The molecule has 0 bridgehead atoms. The third kappa shape index (κ3) is 1.93. The van der Waals surface area contributed by atoms with E-state index in [1.165, 1.54) is 5.69 Å². The summed E-state index contributed by atoms with van der Waals surface area (Å²) in [6, 6.07) is 2.02. The molecule has 2 rings (SSSR count). The molecule has 1 aliphatic carbocycles. The fourth-order valence-electron chi connectivity index (χ4n) is 2.05. The molecule has 0 saturated heterocycles. The van der Waals surface area contributed by atoms with E-state index in [0.717, 1.165) is 25.7 Å². The normalized spacial score (nSPS) is 22.4. The molecular weight excluding hydrogens is 188 g/mol. The van der Waals surface area contributed by atoms with Crippen molar-refractivity contribution in [1.82, 2.24) is 9.78 Å². The second kappa shape index (κ2) is 3.34. The van der Waals surface area contributed by atoms with Gasteiger partial charge in [0.25, 0.3) is 0 Å². The van der Waals surface area contributed by atoms with Gasteiger partial charge >= 0.3 is 0 Å². The lowest BCUT2D eigenvalue weighted by Crippen LogP contribution is -2.35. The second-order valence-electron chi connectivity index (χ2n) is 5.28. The van der Waals surface area contributed by atoms with Crippen LogP contribution in [0.4, 0.5) is 0 Å². The van der Waals surface area contributed by atoms with Gasteiger partial charge in [0.15, 0.2) is 0 Å². The maximum atomic E-state index is 10.4. The number of nitrogens with zero attached hydrogens (tertiary/aromatic N) is 2. The average molecular weight is 208 g/mol. The fourth-order valence-corrected chi connectivity index (χ4v) is 2.05. The Morgan fingerprint density at radius 2 is 2.27 bits per heavy atom. The molecule has 0 aliphatic heterocycles. The van der Waals surface area contributed by atoms with Crippen molar-refractivity contribution in [1.29, 1.82) is 0 Å². The third-order valence-corrected chi connectivity index (χ3v) is 4.09. The Labute approximate surface area is 91.1 Å². The van der Waals surface area contributed by atoms with Gasteiger partial charge in [0.05, 0.1) is 5.60 Å². The predicted octanol–water partition coefficient (Wildman–Crippen LogP) is 1.90. The molecule has 0 amide bonds. The lowest BCUT2D eigenvalue weighted by Gasteiger charge is -2.30. The smallest absolute Gasteiger partial charge is 0.0676 e. The highest BCUT2D eigenvalue weighted by Gasteiger charge is 2.51. The summed E-state index contributed by atoms with van der Waals surface area (Å²) in [4.78, 5) is 0. The molecule has 1 fully saturated rings. The van der Waals surface area contributed by atoms with Crippen molar-refractivity contribution in [2.45, 2.75) is 45.1 Å². The summed E-state index contributed by atoms with van der Waals surface area (Å²) >= 11 is 0. The maximum absolute atomic E-state index is 10.4. The minimum Gasteiger partial charge on any atom is -0.390 e. The summed E-state index contributed by atoms with van der Waals surface area (Å²) in [6.45, 7) is 4.15. The van der Waals surface area contributed by atoms with Crippen LogP contribution in [0.15, 0.2) is 12.3 Å². The van der Waals surface area contributed by atoms with E-state index in [4.69, 9.17) is 0 Å². The molecule has 1 aromatic heterocycles. The number of aliphatic hydroxyl groups is 1. The topological polar surface area (TPSA) is 38.0 Å². The molecule has 1 unspecified atom stereocenters. The lowest BCUT2D eigenvalue weighted by atomic mass is 9.83. The van der Waals surface area contributed by atoms with E-state index in [2.05, 4.69) is 12.0 Å². The van der Waals surface area contributed by atoms with Crippen LogP contribution < -0.4 is 0 Å². The molecule has 1 saturated carbocycles. The number of aromatic nitrogens is 2. The highest BCUT2D eigenvalue weighted by Crippen LogP contribution is 2.54. The molecule has 0 aromatic carbocycles. The van der Waals surface area contributed by atoms with Gasteiger partial charge in [0.1, 0.15) is 0 Å². The summed E-state index contributed by atoms with van der Waals surface area (Å²) in [6.07, 6.45) is 5.85. The molecule has 84 valence electrons. The molecule has 0 spiro atoms. The van der Waals surface area contributed by atoms with Crippen molar-refractivity contribution in [2.75, 3.05) is 0 Å². The summed E-state index contributed by atoms with van der Waals surface area (Å²) in [5.74, 6) is 0. The maximum Gasteiger partial charge on any atom is 0.0676 e. The summed E-state index contributed by atoms with van der Waals surface area (Å²) in [7, 11) is 1.95. The minimum absolute atomic E-state index is 0.158. The zero-order chi connectivity index (χ0) is 11.1. The Kier molecular flexibility index (Phi) is 2.38. The van der Waals surface area contributed by atoms with Gasteiger partial charge in [-0.3, -0.25) is 4.68 Å².